The minimum absolute atomic E-state index is 0.118. The molecule has 1 aromatic carbocycles. The standard InChI is InChI=1S/C12H10BrN3O4S/c1-8-5-6-9(7-10(8)16(17)18)21(19,20)15-12-4-2-3-11(13)14-12/h2-7H,1H3,(H,14,15). The highest BCUT2D eigenvalue weighted by molar-refractivity contribution is 9.10. The Morgan fingerprint density at radius 3 is 2.62 bits per heavy atom. The number of nitrogens with zero attached hydrogens (tertiary/aromatic N) is 2. The molecule has 0 bridgehead atoms. The Hall–Kier alpha value is -2.00. The van der Waals surface area contributed by atoms with E-state index in [0.29, 0.717) is 10.2 Å². The van der Waals surface area contributed by atoms with Crippen molar-refractivity contribution >= 4 is 37.5 Å². The van der Waals surface area contributed by atoms with Crippen LogP contribution in [0.25, 0.3) is 0 Å². The summed E-state index contributed by atoms with van der Waals surface area (Å²) in [6.07, 6.45) is 0. The zero-order valence-corrected chi connectivity index (χ0v) is 13.2. The van der Waals surface area contributed by atoms with E-state index in [-0.39, 0.29) is 16.4 Å². The molecule has 1 N–H and O–H groups in total. The van der Waals surface area contributed by atoms with Crippen LogP contribution in [-0.4, -0.2) is 18.3 Å². The first-order valence-electron chi connectivity index (χ1n) is 5.70. The van der Waals surface area contributed by atoms with Gasteiger partial charge in [-0.1, -0.05) is 12.1 Å². The summed E-state index contributed by atoms with van der Waals surface area (Å²) in [5, 5.41) is 10.9. The molecule has 1 heterocycles. The molecule has 0 radical (unpaired) electrons. The van der Waals surface area contributed by atoms with Gasteiger partial charge in [-0.25, -0.2) is 13.4 Å². The van der Waals surface area contributed by atoms with Gasteiger partial charge in [-0.2, -0.15) is 0 Å². The highest BCUT2D eigenvalue weighted by atomic mass is 79.9. The van der Waals surface area contributed by atoms with Crippen LogP contribution in [0.3, 0.4) is 0 Å². The minimum Gasteiger partial charge on any atom is -0.263 e. The van der Waals surface area contributed by atoms with Crippen LogP contribution in [0.2, 0.25) is 0 Å². The molecule has 110 valence electrons. The van der Waals surface area contributed by atoms with E-state index in [1.807, 2.05) is 0 Å². The Morgan fingerprint density at radius 1 is 1.29 bits per heavy atom. The number of nitro benzene ring substituents is 1. The second kappa shape index (κ2) is 5.78. The van der Waals surface area contributed by atoms with Gasteiger partial charge in [0.15, 0.2) is 0 Å². The maximum absolute atomic E-state index is 12.2. The first-order chi connectivity index (χ1) is 9.79. The molecule has 0 amide bonds. The van der Waals surface area contributed by atoms with Crippen molar-refractivity contribution in [2.45, 2.75) is 11.8 Å². The molecule has 0 spiro atoms. The Labute approximate surface area is 129 Å². The topological polar surface area (TPSA) is 102 Å². The third-order valence-electron chi connectivity index (χ3n) is 2.64. The second-order valence-corrected chi connectivity index (χ2v) is 6.65. The lowest BCUT2D eigenvalue weighted by Crippen LogP contribution is -2.14. The van der Waals surface area contributed by atoms with Crippen LogP contribution in [0.5, 0.6) is 0 Å². The number of benzene rings is 1. The van der Waals surface area contributed by atoms with E-state index < -0.39 is 14.9 Å². The molecule has 0 aliphatic rings. The predicted molar refractivity (Wildman–Crippen MR) is 80.6 cm³/mol. The molecule has 2 aromatic rings. The van der Waals surface area contributed by atoms with Gasteiger partial charge in [0.05, 0.1) is 9.82 Å². The molecule has 0 aliphatic carbocycles. The number of pyridine rings is 1. The van der Waals surface area contributed by atoms with Crippen LogP contribution in [0.4, 0.5) is 11.5 Å². The average molecular weight is 372 g/mol. The summed E-state index contributed by atoms with van der Waals surface area (Å²) in [6, 6.07) is 8.46. The van der Waals surface area contributed by atoms with Gasteiger partial charge >= 0.3 is 0 Å². The molecule has 0 saturated heterocycles. The second-order valence-electron chi connectivity index (χ2n) is 4.16. The predicted octanol–water partition coefficient (Wildman–Crippen LogP) is 2.86. The van der Waals surface area contributed by atoms with Gasteiger partial charge in [-0.15, -0.1) is 0 Å². The Kier molecular flexibility index (Phi) is 4.24. The van der Waals surface area contributed by atoms with Gasteiger partial charge in [0.1, 0.15) is 10.4 Å². The number of halogens is 1. The number of rotatable bonds is 4. The van der Waals surface area contributed by atoms with E-state index in [9.17, 15) is 18.5 Å². The fourth-order valence-corrected chi connectivity index (χ4v) is 2.98. The van der Waals surface area contributed by atoms with E-state index in [1.165, 1.54) is 25.1 Å². The van der Waals surface area contributed by atoms with Gasteiger partial charge in [-0.05, 0) is 41.1 Å². The Bertz CT molecular complexity index is 808. The normalized spacial score (nSPS) is 11.1. The lowest BCUT2D eigenvalue weighted by molar-refractivity contribution is -0.385. The van der Waals surface area contributed by atoms with Crippen molar-refractivity contribution < 1.29 is 13.3 Å². The lowest BCUT2D eigenvalue weighted by atomic mass is 10.2. The average Bonchev–Trinajstić information content (AvgIpc) is 2.38. The van der Waals surface area contributed by atoms with Gasteiger partial charge in [0, 0.05) is 11.6 Å². The number of nitrogens with one attached hydrogen (secondary N) is 1. The largest absolute Gasteiger partial charge is 0.273 e. The molecule has 0 unspecified atom stereocenters. The molecule has 0 fully saturated rings. The maximum Gasteiger partial charge on any atom is 0.273 e. The number of hydrogen-bond donors (Lipinski definition) is 1. The summed E-state index contributed by atoms with van der Waals surface area (Å²) in [4.78, 5) is 14.0. The van der Waals surface area contributed by atoms with Crippen LogP contribution in [-0.2, 0) is 10.0 Å². The fourth-order valence-electron chi connectivity index (χ4n) is 1.61. The highest BCUT2D eigenvalue weighted by Gasteiger charge is 2.20. The summed E-state index contributed by atoms with van der Waals surface area (Å²) < 4.78 is 27.2. The van der Waals surface area contributed by atoms with Crippen molar-refractivity contribution in [1.29, 1.82) is 0 Å². The zero-order chi connectivity index (χ0) is 15.6. The Balaban J connectivity index is 2.40. The number of aromatic nitrogens is 1. The summed E-state index contributed by atoms with van der Waals surface area (Å²) in [7, 11) is -3.94. The lowest BCUT2D eigenvalue weighted by Gasteiger charge is -2.08. The molecule has 0 atom stereocenters. The van der Waals surface area contributed by atoms with Gasteiger partial charge in [-0.3, -0.25) is 14.8 Å². The van der Waals surface area contributed by atoms with Crippen molar-refractivity contribution in [3.05, 3.63) is 56.7 Å². The van der Waals surface area contributed by atoms with E-state index in [4.69, 9.17) is 0 Å². The summed E-state index contributed by atoms with van der Waals surface area (Å²) >= 11 is 3.13. The molecule has 2 rings (SSSR count). The number of anilines is 1. The highest BCUT2D eigenvalue weighted by Crippen LogP contribution is 2.23. The third kappa shape index (κ3) is 3.56. The number of nitro groups is 1. The van der Waals surface area contributed by atoms with Crippen LogP contribution >= 0.6 is 15.9 Å². The quantitative estimate of drug-likeness (QED) is 0.505. The van der Waals surface area contributed by atoms with E-state index in [1.54, 1.807) is 12.1 Å². The molecule has 7 nitrogen and oxygen atoms in total. The monoisotopic (exact) mass is 371 g/mol. The minimum atomic E-state index is -3.94. The third-order valence-corrected chi connectivity index (χ3v) is 4.44. The van der Waals surface area contributed by atoms with E-state index in [0.717, 1.165) is 6.07 Å². The zero-order valence-electron chi connectivity index (χ0n) is 10.8. The molecule has 0 saturated carbocycles. The van der Waals surface area contributed by atoms with Gasteiger partial charge < -0.3 is 0 Å². The van der Waals surface area contributed by atoms with Gasteiger partial charge in [0.25, 0.3) is 15.7 Å². The first-order valence-corrected chi connectivity index (χ1v) is 7.97. The van der Waals surface area contributed by atoms with E-state index in [2.05, 4.69) is 25.6 Å². The SMILES string of the molecule is Cc1ccc(S(=O)(=O)Nc2cccc(Br)n2)cc1[N+](=O)[O-]. The van der Waals surface area contributed by atoms with Crippen molar-refractivity contribution in [1.82, 2.24) is 4.98 Å². The molecule has 9 heteroatoms. The smallest absolute Gasteiger partial charge is 0.263 e. The van der Waals surface area contributed by atoms with Crippen LogP contribution in [0, 0.1) is 17.0 Å². The summed E-state index contributed by atoms with van der Waals surface area (Å²) in [6.45, 7) is 1.54. The van der Waals surface area contributed by atoms with Crippen LogP contribution in [0.15, 0.2) is 45.9 Å². The molecule has 1 aromatic heterocycles. The van der Waals surface area contributed by atoms with Crippen molar-refractivity contribution in [2.24, 2.45) is 0 Å². The van der Waals surface area contributed by atoms with E-state index >= 15 is 0 Å². The van der Waals surface area contributed by atoms with Crippen molar-refractivity contribution in [2.75, 3.05) is 4.72 Å². The first kappa shape index (κ1) is 15.4. The summed E-state index contributed by atoms with van der Waals surface area (Å²) in [5.74, 6) is 0.118. The summed E-state index contributed by atoms with van der Waals surface area (Å²) in [5.41, 5.74) is 0.139. The molecule has 21 heavy (non-hydrogen) atoms. The molecule has 0 aliphatic heterocycles. The maximum atomic E-state index is 12.2. The molecular formula is C12H10BrN3O4S. The fraction of sp³-hybridized carbons (Fsp3) is 0.0833. The van der Waals surface area contributed by atoms with Crippen molar-refractivity contribution in [3.63, 3.8) is 0 Å². The van der Waals surface area contributed by atoms with Gasteiger partial charge in [0.2, 0.25) is 0 Å². The van der Waals surface area contributed by atoms with Crippen LogP contribution < -0.4 is 4.72 Å². The number of aryl methyl sites for hydroxylation is 1. The number of hydrogen-bond acceptors (Lipinski definition) is 5. The number of sulfonamides is 1. The van der Waals surface area contributed by atoms with Crippen molar-refractivity contribution in [3.8, 4) is 0 Å². The molecular weight excluding hydrogens is 362 g/mol. The van der Waals surface area contributed by atoms with Crippen LogP contribution in [0.1, 0.15) is 5.56 Å². The Morgan fingerprint density at radius 2 is 2.00 bits per heavy atom.